The summed E-state index contributed by atoms with van der Waals surface area (Å²) < 4.78 is 36.7. The molecule has 1 aliphatic heterocycles. The lowest BCUT2D eigenvalue weighted by Gasteiger charge is -2.31. The zero-order valence-corrected chi connectivity index (χ0v) is 27.4. The first-order chi connectivity index (χ1) is 21.9. The summed E-state index contributed by atoms with van der Waals surface area (Å²) in [6.07, 6.45) is 3.36. The van der Waals surface area contributed by atoms with E-state index in [-0.39, 0.29) is 37.3 Å². The highest BCUT2D eigenvalue weighted by Gasteiger charge is 2.36. The zero-order valence-electron chi connectivity index (χ0n) is 26.6. The van der Waals surface area contributed by atoms with E-state index in [0.29, 0.717) is 52.8 Å². The van der Waals surface area contributed by atoms with Crippen molar-refractivity contribution in [2.24, 2.45) is 0 Å². The third kappa shape index (κ3) is 6.66. The Morgan fingerprint density at radius 3 is 2.65 bits per heavy atom. The second-order valence-electron chi connectivity index (χ2n) is 12.1. The topological polar surface area (TPSA) is 139 Å². The van der Waals surface area contributed by atoms with Gasteiger partial charge >= 0.3 is 5.69 Å². The number of nitrogens with one attached hydrogen (secondary N) is 1. The van der Waals surface area contributed by atoms with E-state index in [1.54, 1.807) is 43.9 Å². The van der Waals surface area contributed by atoms with Gasteiger partial charge in [0.2, 0.25) is 5.91 Å². The Bertz CT molecular complexity index is 1810. The molecule has 248 valence electrons. The van der Waals surface area contributed by atoms with Crippen LogP contribution >= 0.6 is 11.3 Å². The number of halogens is 1. The number of hydrogen-bond acceptors (Lipinski definition) is 9. The average Bonchev–Trinajstić information content (AvgIpc) is 3.66. The van der Waals surface area contributed by atoms with Gasteiger partial charge in [-0.25, -0.2) is 18.4 Å². The van der Waals surface area contributed by atoms with Crippen molar-refractivity contribution in [3.05, 3.63) is 74.4 Å². The van der Waals surface area contributed by atoms with Crippen molar-refractivity contribution < 1.29 is 28.5 Å². The van der Waals surface area contributed by atoms with Crippen molar-refractivity contribution in [3.8, 4) is 10.8 Å². The molecule has 46 heavy (non-hydrogen) atoms. The summed E-state index contributed by atoms with van der Waals surface area (Å²) in [5.41, 5.74) is -1.96. The molecule has 4 heterocycles. The molecule has 1 amide bonds. The highest BCUT2D eigenvalue weighted by atomic mass is 32.1. The van der Waals surface area contributed by atoms with E-state index in [4.69, 9.17) is 14.2 Å². The van der Waals surface area contributed by atoms with Crippen molar-refractivity contribution in [1.82, 2.24) is 24.2 Å². The average molecular weight is 658 g/mol. The van der Waals surface area contributed by atoms with Gasteiger partial charge in [0, 0.05) is 42.8 Å². The van der Waals surface area contributed by atoms with Crippen molar-refractivity contribution in [2.75, 3.05) is 26.4 Å². The number of carbonyl (C=O) groups excluding carboxylic acids is 1. The second kappa shape index (κ2) is 13.9. The molecule has 0 unspecified atom stereocenters. The van der Waals surface area contributed by atoms with Gasteiger partial charge in [-0.15, -0.1) is 0 Å². The third-order valence-corrected chi connectivity index (χ3v) is 9.28. The number of fused-ring (bicyclic) bond motifs is 1. The maximum Gasteiger partial charge on any atom is 0.333 e. The van der Waals surface area contributed by atoms with Crippen molar-refractivity contribution in [2.45, 2.75) is 77.8 Å². The van der Waals surface area contributed by atoms with Gasteiger partial charge in [-0.05, 0) is 71.7 Å². The van der Waals surface area contributed by atoms with Crippen LogP contribution in [0.2, 0.25) is 0 Å². The minimum absolute atomic E-state index is 0.0335. The van der Waals surface area contributed by atoms with E-state index in [2.05, 4.69) is 10.4 Å². The number of nitrogens with zero attached hydrogens (tertiary/aromatic N) is 4. The zero-order chi connectivity index (χ0) is 33.2. The van der Waals surface area contributed by atoms with Crippen LogP contribution < -0.4 is 21.3 Å². The predicted octanol–water partition coefficient (Wildman–Crippen LogP) is 3.43. The highest BCUT2D eigenvalue weighted by Crippen LogP contribution is 2.36. The standard InChI is InChI=1S/C32H40FN5O7S/c1-19(2)35-30(41)32(4,5)38-27(40)26-20(3)28(37-12-6-11-34-37)46-29(26)36(31(38)42)18-25(45-22-9-14-43-15-10-22)23-17-21(33)7-8-24(23)44-16-13-39/h6-8,11-12,17,19,22,25,39H,9-10,13-16,18H2,1-5H3,(H,35,41)/t25-/m0/s1. The Morgan fingerprint density at radius 2 is 2.00 bits per heavy atom. The number of aliphatic hydroxyl groups excluding tert-OH is 1. The fourth-order valence-corrected chi connectivity index (χ4v) is 6.86. The number of rotatable bonds is 12. The number of carbonyl (C=O) groups is 1. The molecule has 14 heteroatoms. The van der Waals surface area contributed by atoms with Crippen molar-refractivity contribution >= 4 is 27.5 Å². The van der Waals surface area contributed by atoms with Gasteiger partial charge in [-0.3, -0.25) is 14.2 Å². The molecule has 0 spiro atoms. The SMILES string of the molecule is Cc1c(-n2cccn2)sc2c1c(=O)n(C(C)(C)C(=O)NC(C)C)c(=O)n2C[C@H](OC1CCOCC1)c1cc(F)ccc1OCCO. The molecule has 0 aliphatic carbocycles. The Morgan fingerprint density at radius 1 is 1.26 bits per heavy atom. The fourth-order valence-electron chi connectivity index (χ4n) is 5.62. The number of thiophene rings is 1. The molecule has 0 bridgehead atoms. The largest absolute Gasteiger partial charge is 0.491 e. The van der Waals surface area contributed by atoms with Gasteiger partial charge in [0.15, 0.2) is 0 Å². The van der Waals surface area contributed by atoms with Crippen LogP contribution in [0.1, 0.15) is 57.8 Å². The van der Waals surface area contributed by atoms with E-state index in [1.807, 2.05) is 0 Å². The van der Waals surface area contributed by atoms with Crippen LogP contribution in [0, 0.1) is 12.7 Å². The normalized spacial score (nSPS) is 15.0. The molecule has 1 fully saturated rings. The summed E-state index contributed by atoms with van der Waals surface area (Å²) >= 11 is 1.22. The van der Waals surface area contributed by atoms with E-state index in [0.717, 1.165) is 4.57 Å². The lowest BCUT2D eigenvalue weighted by molar-refractivity contribution is -0.129. The number of amides is 1. The summed E-state index contributed by atoms with van der Waals surface area (Å²) in [6, 6.07) is 5.53. The van der Waals surface area contributed by atoms with Gasteiger partial charge in [0.1, 0.15) is 39.6 Å². The molecule has 1 atom stereocenters. The summed E-state index contributed by atoms with van der Waals surface area (Å²) in [5.74, 6) is -0.734. The lowest BCUT2D eigenvalue weighted by Crippen LogP contribution is -2.56. The van der Waals surface area contributed by atoms with Crippen LogP contribution in [-0.4, -0.2) is 68.5 Å². The molecule has 1 aliphatic rings. The number of ether oxygens (including phenoxy) is 3. The molecule has 12 nitrogen and oxygen atoms in total. The molecule has 1 saturated heterocycles. The molecule has 5 rings (SSSR count). The fraction of sp³-hybridized carbons (Fsp3) is 0.500. The molecule has 0 radical (unpaired) electrons. The lowest BCUT2D eigenvalue weighted by atomic mass is 10.0. The highest BCUT2D eigenvalue weighted by molar-refractivity contribution is 7.21. The Hall–Kier alpha value is -3.85. The monoisotopic (exact) mass is 657 g/mol. The van der Waals surface area contributed by atoms with Crippen LogP contribution in [0.15, 0.2) is 46.2 Å². The first kappa shape index (κ1) is 33.5. The Kier molecular flexibility index (Phi) is 10.1. The van der Waals surface area contributed by atoms with E-state index in [1.165, 1.54) is 48.0 Å². The van der Waals surface area contributed by atoms with Crippen LogP contribution in [0.5, 0.6) is 5.75 Å². The summed E-state index contributed by atoms with van der Waals surface area (Å²) in [4.78, 5) is 42.6. The van der Waals surface area contributed by atoms with E-state index >= 15 is 0 Å². The van der Waals surface area contributed by atoms with E-state index < -0.39 is 34.6 Å². The number of aliphatic hydroxyl groups is 1. The van der Waals surface area contributed by atoms with Gasteiger partial charge in [0.05, 0.1) is 24.6 Å². The predicted molar refractivity (Wildman–Crippen MR) is 171 cm³/mol. The number of benzene rings is 1. The van der Waals surface area contributed by atoms with Gasteiger partial charge < -0.3 is 24.6 Å². The number of aryl methyl sites for hydroxylation is 1. The summed E-state index contributed by atoms with van der Waals surface area (Å²) in [7, 11) is 0. The smallest absolute Gasteiger partial charge is 0.333 e. The molecule has 3 aromatic heterocycles. The number of aromatic nitrogens is 4. The third-order valence-electron chi connectivity index (χ3n) is 7.98. The van der Waals surface area contributed by atoms with Crippen LogP contribution in [-0.2, 0) is 26.4 Å². The van der Waals surface area contributed by atoms with Crippen molar-refractivity contribution in [1.29, 1.82) is 0 Å². The molecule has 2 N–H and O–H groups in total. The van der Waals surface area contributed by atoms with Crippen molar-refractivity contribution in [3.63, 3.8) is 0 Å². The summed E-state index contributed by atoms with van der Waals surface area (Å²) in [6.45, 7) is 8.98. The van der Waals surface area contributed by atoms with E-state index in [9.17, 15) is 23.9 Å². The molecule has 0 saturated carbocycles. The minimum atomic E-state index is -1.57. The van der Waals surface area contributed by atoms with Crippen LogP contribution in [0.3, 0.4) is 0 Å². The Balaban J connectivity index is 1.76. The van der Waals surface area contributed by atoms with Crippen LogP contribution in [0.4, 0.5) is 4.39 Å². The van der Waals surface area contributed by atoms with Gasteiger partial charge in [-0.1, -0.05) is 11.3 Å². The molecule has 4 aromatic rings. The minimum Gasteiger partial charge on any atom is -0.491 e. The molecule has 1 aromatic carbocycles. The van der Waals surface area contributed by atoms with Gasteiger partial charge in [0.25, 0.3) is 5.56 Å². The van der Waals surface area contributed by atoms with Crippen LogP contribution in [0.25, 0.3) is 15.2 Å². The summed E-state index contributed by atoms with van der Waals surface area (Å²) in [5, 5.41) is 17.5. The number of hydrogen-bond donors (Lipinski definition) is 2. The maximum absolute atomic E-state index is 14.8. The maximum atomic E-state index is 14.8. The first-order valence-electron chi connectivity index (χ1n) is 15.3. The second-order valence-corrected chi connectivity index (χ2v) is 13.1. The quantitative estimate of drug-likeness (QED) is 0.236. The van der Waals surface area contributed by atoms with Gasteiger partial charge in [-0.2, -0.15) is 5.10 Å². The first-order valence-corrected chi connectivity index (χ1v) is 16.1. The Labute approximate surface area is 269 Å². The molecular weight excluding hydrogens is 617 g/mol. The molecular formula is C32H40FN5O7S.